The van der Waals surface area contributed by atoms with Crippen LogP contribution in [0.15, 0.2) is 48.7 Å². The zero-order valence-electron chi connectivity index (χ0n) is 13.6. The number of benzene rings is 1. The molecule has 0 aliphatic carbocycles. The lowest BCUT2D eigenvalue weighted by atomic mass is 10.1. The Kier molecular flexibility index (Phi) is 4.96. The van der Waals surface area contributed by atoms with Gasteiger partial charge >= 0.3 is 0 Å². The molecule has 0 saturated carbocycles. The number of nitrogens with one attached hydrogen (secondary N) is 1. The van der Waals surface area contributed by atoms with E-state index in [0.717, 1.165) is 0 Å². The van der Waals surface area contributed by atoms with Gasteiger partial charge in [-0.2, -0.15) is 0 Å². The summed E-state index contributed by atoms with van der Waals surface area (Å²) < 4.78 is 7.05. The number of ether oxygens (including phenoxy) is 1. The largest absolute Gasteiger partial charge is 0.383 e. The van der Waals surface area contributed by atoms with Crippen LogP contribution >= 0.6 is 0 Å². The maximum atomic E-state index is 12.6. The van der Waals surface area contributed by atoms with Crippen LogP contribution in [-0.4, -0.2) is 54.1 Å². The zero-order valence-corrected chi connectivity index (χ0v) is 13.6. The molecule has 1 N–H and O–H groups in total. The Morgan fingerprint density at radius 1 is 1.25 bits per heavy atom. The van der Waals surface area contributed by atoms with Crippen molar-refractivity contribution >= 4 is 11.8 Å². The van der Waals surface area contributed by atoms with Crippen molar-refractivity contribution in [2.45, 2.75) is 12.6 Å². The van der Waals surface area contributed by atoms with Gasteiger partial charge < -0.3 is 19.5 Å². The standard InChI is InChI=1S/C18H21N3O3/c1-24-11-10-21-15(13-20-9-5-8-16(20)18(21)23)12-19-17(22)14-6-3-2-4-7-14/h2-9,15H,10-13H2,1H3,(H,19,22). The molecule has 24 heavy (non-hydrogen) atoms. The molecule has 1 aliphatic rings. The highest BCUT2D eigenvalue weighted by molar-refractivity contribution is 5.95. The number of methoxy groups -OCH3 is 1. The van der Waals surface area contributed by atoms with Gasteiger partial charge in [-0.05, 0) is 24.3 Å². The number of hydrogen-bond acceptors (Lipinski definition) is 3. The fourth-order valence-corrected chi connectivity index (χ4v) is 2.96. The first kappa shape index (κ1) is 16.3. The molecule has 1 unspecified atom stereocenters. The van der Waals surface area contributed by atoms with Gasteiger partial charge in [-0.1, -0.05) is 18.2 Å². The molecule has 2 heterocycles. The Balaban J connectivity index is 1.70. The summed E-state index contributed by atoms with van der Waals surface area (Å²) in [6, 6.07) is 12.7. The number of fused-ring (bicyclic) bond motifs is 1. The summed E-state index contributed by atoms with van der Waals surface area (Å²) in [6.07, 6.45) is 1.90. The van der Waals surface area contributed by atoms with E-state index in [2.05, 4.69) is 5.32 Å². The van der Waals surface area contributed by atoms with Gasteiger partial charge in [0.15, 0.2) is 0 Å². The van der Waals surface area contributed by atoms with E-state index in [9.17, 15) is 9.59 Å². The maximum absolute atomic E-state index is 12.6. The maximum Gasteiger partial charge on any atom is 0.270 e. The zero-order chi connectivity index (χ0) is 16.9. The Labute approximate surface area is 141 Å². The van der Waals surface area contributed by atoms with Crippen LogP contribution in [0, 0.1) is 0 Å². The van der Waals surface area contributed by atoms with Gasteiger partial charge in [0.05, 0.1) is 12.6 Å². The van der Waals surface area contributed by atoms with Crippen molar-refractivity contribution in [3.8, 4) is 0 Å². The van der Waals surface area contributed by atoms with Gasteiger partial charge in [0.1, 0.15) is 5.69 Å². The van der Waals surface area contributed by atoms with Crippen LogP contribution in [-0.2, 0) is 11.3 Å². The molecule has 0 saturated heterocycles. The summed E-state index contributed by atoms with van der Waals surface area (Å²) in [5.74, 6) is -0.157. The molecule has 0 bridgehead atoms. The molecule has 0 spiro atoms. The van der Waals surface area contributed by atoms with Crippen molar-refractivity contribution in [3.63, 3.8) is 0 Å². The third-order valence-electron chi connectivity index (χ3n) is 4.23. The van der Waals surface area contributed by atoms with Gasteiger partial charge in [-0.25, -0.2) is 0 Å². The van der Waals surface area contributed by atoms with Crippen molar-refractivity contribution in [1.82, 2.24) is 14.8 Å². The molecule has 1 aromatic carbocycles. The van der Waals surface area contributed by atoms with Crippen LogP contribution in [0.5, 0.6) is 0 Å². The first-order valence-corrected chi connectivity index (χ1v) is 7.99. The predicted molar refractivity (Wildman–Crippen MR) is 89.9 cm³/mol. The molecular formula is C18H21N3O3. The van der Waals surface area contributed by atoms with E-state index in [1.54, 1.807) is 24.1 Å². The number of amides is 2. The molecule has 2 amide bonds. The summed E-state index contributed by atoms with van der Waals surface area (Å²) in [4.78, 5) is 26.7. The second kappa shape index (κ2) is 7.31. The molecular weight excluding hydrogens is 306 g/mol. The second-order valence-corrected chi connectivity index (χ2v) is 5.77. The number of aromatic nitrogens is 1. The Hall–Kier alpha value is -2.60. The number of carbonyl (C=O) groups excluding carboxylic acids is 2. The minimum atomic E-state index is -0.131. The number of rotatable bonds is 6. The smallest absolute Gasteiger partial charge is 0.270 e. The highest BCUT2D eigenvalue weighted by Gasteiger charge is 2.31. The molecule has 6 heteroatoms. The van der Waals surface area contributed by atoms with Gasteiger partial charge in [-0.15, -0.1) is 0 Å². The molecule has 1 aromatic heterocycles. The predicted octanol–water partition coefficient (Wildman–Crippen LogP) is 1.39. The third-order valence-corrected chi connectivity index (χ3v) is 4.23. The summed E-state index contributed by atoms with van der Waals surface area (Å²) in [5.41, 5.74) is 1.29. The molecule has 1 aliphatic heterocycles. The lowest BCUT2D eigenvalue weighted by Gasteiger charge is -2.36. The van der Waals surface area contributed by atoms with Crippen molar-refractivity contribution in [2.24, 2.45) is 0 Å². The average Bonchev–Trinajstić information content (AvgIpc) is 3.08. The lowest BCUT2D eigenvalue weighted by molar-refractivity contribution is 0.0504. The Bertz CT molecular complexity index is 711. The normalized spacial score (nSPS) is 16.8. The third kappa shape index (κ3) is 3.33. The Morgan fingerprint density at radius 2 is 2.04 bits per heavy atom. The minimum Gasteiger partial charge on any atom is -0.383 e. The van der Waals surface area contributed by atoms with E-state index in [4.69, 9.17) is 4.74 Å². The van der Waals surface area contributed by atoms with E-state index in [-0.39, 0.29) is 17.9 Å². The van der Waals surface area contributed by atoms with E-state index in [1.807, 2.05) is 41.1 Å². The molecule has 1 atom stereocenters. The van der Waals surface area contributed by atoms with Crippen LogP contribution in [0.4, 0.5) is 0 Å². The fourth-order valence-electron chi connectivity index (χ4n) is 2.96. The SMILES string of the molecule is COCCN1C(=O)c2cccn2CC1CNC(=O)c1ccccc1. The highest BCUT2D eigenvalue weighted by Crippen LogP contribution is 2.18. The Morgan fingerprint density at radius 3 is 2.79 bits per heavy atom. The first-order chi connectivity index (χ1) is 11.7. The number of hydrogen-bond donors (Lipinski definition) is 1. The molecule has 0 radical (unpaired) electrons. The molecule has 3 rings (SSSR count). The first-order valence-electron chi connectivity index (χ1n) is 7.99. The number of carbonyl (C=O) groups is 2. The lowest BCUT2D eigenvalue weighted by Crippen LogP contribution is -2.53. The van der Waals surface area contributed by atoms with Crippen LogP contribution in [0.25, 0.3) is 0 Å². The highest BCUT2D eigenvalue weighted by atomic mass is 16.5. The van der Waals surface area contributed by atoms with Gasteiger partial charge in [0.2, 0.25) is 0 Å². The molecule has 0 fully saturated rings. The van der Waals surface area contributed by atoms with Gasteiger partial charge in [0, 0.05) is 38.5 Å². The van der Waals surface area contributed by atoms with Crippen LogP contribution in [0.3, 0.4) is 0 Å². The van der Waals surface area contributed by atoms with Crippen molar-refractivity contribution in [1.29, 1.82) is 0 Å². The summed E-state index contributed by atoms with van der Waals surface area (Å²) in [5, 5.41) is 2.93. The summed E-state index contributed by atoms with van der Waals surface area (Å²) in [6.45, 7) is 2.04. The average molecular weight is 327 g/mol. The van der Waals surface area contributed by atoms with E-state index >= 15 is 0 Å². The summed E-state index contributed by atoms with van der Waals surface area (Å²) >= 11 is 0. The molecule has 6 nitrogen and oxygen atoms in total. The topological polar surface area (TPSA) is 63.6 Å². The van der Waals surface area contributed by atoms with Crippen molar-refractivity contribution < 1.29 is 14.3 Å². The molecule has 2 aromatic rings. The number of nitrogens with zero attached hydrogens (tertiary/aromatic N) is 2. The van der Waals surface area contributed by atoms with E-state index < -0.39 is 0 Å². The van der Waals surface area contributed by atoms with Crippen LogP contribution in [0.2, 0.25) is 0 Å². The molecule has 126 valence electrons. The van der Waals surface area contributed by atoms with Crippen molar-refractivity contribution in [2.75, 3.05) is 26.8 Å². The van der Waals surface area contributed by atoms with E-state index in [0.29, 0.717) is 37.5 Å². The summed E-state index contributed by atoms with van der Waals surface area (Å²) in [7, 11) is 1.61. The van der Waals surface area contributed by atoms with Crippen molar-refractivity contribution in [3.05, 3.63) is 59.9 Å². The van der Waals surface area contributed by atoms with Gasteiger partial charge in [0.25, 0.3) is 11.8 Å². The monoisotopic (exact) mass is 327 g/mol. The minimum absolute atomic E-state index is 0.0257. The second-order valence-electron chi connectivity index (χ2n) is 5.77. The van der Waals surface area contributed by atoms with Crippen LogP contribution in [0.1, 0.15) is 20.8 Å². The van der Waals surface area contributed by atoms with Gasteiger partial charge in [-0.3, -0.25) is 9.59 Å². The van der Waals surface area contributed by atoms with E-state index in [1.165, 1.54) is 0 Å². The fraction of sp³-hybridized carbons (Fsp3) is 0.333. The quantitative estimate of drug-likeness (QED) is 0.872. The van der Waals surface area contributed by atoms with Crippen LogP contribution < -0.4 is 5.32 Å².